The molecule has 0 spiro atoms. The van der Waals surface area contributed by atoms with Crippen molar-refractivity contribution in [2.45, 2.75) is 6.61 Å². The Bertz CT molecular complexity index is 480. The Labute approximate surface area is 98.0 Å². The van der Waals surface area contributed by atoms with Gasteiger partial charge in [-0.3, -0.25) is 5.41 Å². The summed E-state index contributed by atoms with van der Waals surface area (Å²) in [7, 11) is 0. The molecule has 1 heterocycles. The fourth-order valence-corrected chi connectivity index (χ4v) is 1.92. The minimum absolute atomic E-state index is 0.0570. The standard InChI is InChI=1S/C12H12N2OS/c13-12(14)9-3-1-4-10(7-9)15-8-11-5-2-6-16-11/h1-7H,8H2,(H3,13,14). The first kappa shape index (κ1) is 10.7. The van der Waals surface area contributed by atoms with Crippen molar-refractivity contribution < 1.29 is 4.74 Å². The monoisotopic (exact) mass is 232 g/mol. The van der Waals surface area contributed by atoms with Gasteiger partial charge in [0.15, 0.2) is 0 Å². The van der Waals surface area contributed by atoms with E-state index in [2.05, 4.69) is 0 Å². The summed E-state index contributed by atoms with van der Waals surface area (Å²) in [6.07, 6.45) is 0. The van der Waals surface area contributed by atoms with Crippen LogP contribution in [0.25, 0.3) is 0 Å². The number of thiophene rings is 1. The van der Waals surface area contributed by atoms with Gasteiger partial charge in [-0.15, -0.1) is 11.3 Å². The number of nitrogens with two attached hydrogens (primary N) is 1. The highest BCUT2D eigenvalue weighted by Gasteiger charge is 2.00. The van der Waals surface area contributed by atoms with Gasteiger partial charge in [-0.05, 0) is 23.6 Å². The largest absolute Gasteiger partial charge is 0.488 e. The molecule has 2 rings (SSSR count). The van der Waals surface area contributed by atoms with Crippen molar-refractivity contribution in [3.05, 3.63) is 52.2 Å². The van der Waals surface area contributed by atoms with Gasteiger partial charge in [0, 0.05) is 10.4 Å². The molecule has 0 aliphatic rings. The molecule has 1 aromatic carbocycles. The van der Waals surface area contributed by atoms with Crippen LogP contribution in [0.2, 0.25) is 0 Å². The minimum atomic E-state index is 0.0570. The molecule has 0 aliphatic carbocycles. The lowest BCUT2D eigenvalue weighted by atomic mass is 10.2. The van der Waals surface area contributed by atoms with Gasteiger partial charge < -0.3 is 10.5 Å². The van der Waals surface area contributed by atoms with E-state index in [4.69, 9.17) is 15.9 Å². The second kappa shape index (κ2) is 4.81. The molecule has 0 atom stereocenters. The molecule has 0 unspecified atom stereocenters. The number of rotatable bonds is 4. The van der Waals surface area contributed by atoms with Crippen LogP contribution in [0.5, 0.6) is 5.75 Å². The summed E-state index contributed by atoms with van der Waals surface area (Å²) in [6, 6.07) is 11.3. The summed E-state index contributed by atoms with van der Waals surface area (Å²) < 4.78 is 5.60. The van der Waals surface area contributed by atoms with E-state index in [0.29, 0.717) is 12.2 Å². The maximum atomic E-state index is 7.33. The Hall–Kier alpha value is -1.81. The quantitative estimate of drug-likeness (QED) is 0.629. The lowest BCUT2D eigenvalue weighted by Gasteiger charge is -2.06. The molecular weight excluding hydrogens is 220 g/mol. The smallest absolute Gasteiger partial charge is 0.122 e. The van der Waals surface area contributed by atoms with E-state index in [-0.39, 0.29) is 5.84 Å². The molecule has 0 bridgehead atoms. The van der Waals surface area contributed by atoms with Crippen LogP contribution >= 0.6 is 11.3 Å². The fourth-order valence-electron chi connectivity index (χ4n) is 1.30. The lowest BCUT2D eigenvalue weighted by Crippen LogP contribution is -2.10. The van der Waals surface area contributed by atoms with Gasteiger partial charge in [0.05, 0.1) is 0 Å². The predicted molar refractivity (Wildman–Crippen MR) is 66.1 cm³/mol. The third kappa shape index (κ3) is 2.61. The molecular formula is C12H12N2OS. The average Bonchev–Trinajstić information content (AvgIpc) is 2.79. The highest BCUT2D eigenvalue weighted by atomic mass is 32.1. The molecule has 0 fully saturated rings. The molecule has 0 saturated carbocycles. The first-order valence-corrected chi connectivity index (χ1v) is 5.73. The van der Waals surface area contributed by atoms with Crippen molar-refractivity contribution in [3.8, 4) is 5.75 Å². The molecule has 0 saturated heterocycles. The summed E-state index contributed by atoms with van der Waals surface area (Å²) in [5, 5.41) is 9.35. The molecule has 82 valence electrons. The number of nitrogen functional groups attached to an aromatic ring is 1. The van der Waals surface area contributed by atoms with E-state index in [0.717, 1.165) is 5.75 Å². The number of hydrogen-bond acceptors (Lipinski definition) is 3. The lowest BCUT2D eigenvalue weighted by molar-refractivity contribution is 0.310. The Morgan fingerprint density at radius 2 is 2.19 bits per heavy atom. The summed E-state index contributed by atoms with van der Waals surface area (Å²) in [5.41, 5.74) is 6.09. The average molecular weight is 232 g/mol. The molecule has 3 N–H and O–H groups in total. The van der Waals surface area contributed by atoms with Crippen LogP contribution in [0, 0.1) is 5.41 Å². The van der Waals surface area contributed by atoms with Gasteiger partial charge in [-0.1, -0.05) is 18.2 Å². The van der Waals surface area contributed by atoms with Crippen molar-refractivity contribution in [1.82, 2.24) is 0 Å². The molecule has 4 heteroatoms. The highest BCUT2D eigenvalue weighted by molar-refractivity contribution is 7.09. The molecule has 0 radical (unpaired) electrons. The molecule has 16 heavy (non-hydrogen) atoms. The Morgan fingerprint density at radius 3 is 2.88 bits per heavy atom. The predicted octanol–water partition coefficient (Wildman–Crippen LogP) is 2.61. The van der Waals surface area contributed by atoms with Crippen LogP contribution in [0.4, 0.5) is 0 Å². The first-order valence-electron chi connectivity index (χ1n) is 4.85. The number of amidine groups is 1. The second-order valence-electron chi connectivity index (χ2n) is 3.31. The van der Waals surface area contributed by atoms with Gasteiger partial charge in [-0.25, -0.2) is 0 Å². The molecule has 2 aromatic rings. The SMILES string of the molecule is N=C(N)c1cccc(OCc2cccs2)c1. The van der Waals surface area contributed by atoms with Crippen LogP contribution in [-0.4, -0.2) is 5.84 Å². The van der Waals surface area contributed by atoms with Crippen LogP contribution in [0.15, 0.2) is 41.8 Å². The van der Waals surface area contributed by atoms with Gasteiger partial charge >= 0.3 is 0 Å². The van der Waals surface area contributed by atoms with Crippen LogP contribution in [0.3, 0.4) is 0 Å². The van der Waals surface area contributed by atoms with Gasteiger partial charge in [0.1, 0.15) is 18.2 Å². The number of ether oxygens (including phenoxy) is 1. The van der Waals surface area contributed by atoms with Gasteiger partial charge in [0.2, 0.25) is 0 Å². The van der Waals surface area contributed by atoms with E-state index in [1.54, 1.807) is 23.5 Å². The van der Waals surface area contributed by atoms with Crippen LogP contribution in [0.1, 0.15) is 10.4 Å². The van der Waals surface area contributed by atoms with E-state index in [9.17, 15) is 0 Å². The third-order valence-corrected chi connectivity index (χ3v) is 2.96. The Morgan fingerprint density at radius 1 is 1.31 bits per heavy atom. The van der Waals surface area contributed by atoms with Crippen molar-refractivity contribution in [2.75, 3.05) is 0 Å². The van der Waals surface area contributed by atoms with Crippen molar-refractivity contribution in [2.24, 2.45) is 5.73 Å². The van der Waals surface area contributed by atoms with E-state index >= 15 is 0 Å². The molecule has 0 aliphatic heterocycles. The summed E-state index contributed by atoms with van der Waals surface area (Å²) in [5.74, 6) is 0.794. The maximum Gasteiger partial charge on any atom is 0.122 e. The highest BCUT2D eigenvalue weighted by Crippen LogP contribution is 2.16. The summed E-state index contributed by atoms with van der Waals surface area (Å²) in [4.78, 5) is 1.17. The Balaban J connectivity index is 2.04. The Kier molecular flexibility index (Phi) is 3.22. The minimum Gasteiger partial charge on any atom is -0.488 e. The van der Waals surface area contributed by atoms with Crippen molar-refractivity contribution in [1.29, 1.82) is 5.41 Å². The third-order valence-electron chi connectivity index (χ3n) is 2.11. The normalized spacial score (nSPS) is 10.0. The first-order chi connectivity index (χ1) is 7.75. The molecule has 0 amide bonds. The number of nitrogens with one attached hydrogen (secondary N) is 1. The summed E-state index contributed by atoms with van der Waals surface area (Å²) in [6.45, 7) is 0.555. The number of hydrogen-bond donors (Lipinski definition) is 2. The topological polar surface area (TPSA) is 59.1 Å². The fraction of sp³-hybridized carbons (Fsp3) is 0.0833. The zero-order valence-electron chi connectivity index (χ0n) is 8.64. The van der Waals surface area contributed by atoms with Gasteiger partial charge in [-0.2, -0.15) is 0 Å². The molecule has 1 aromatic heterocycles. The van der Waals surface area contributed by atoms with Crippen molar-refractivity contribution >= 4 is 17.2 Å². The number of benzene rings is 1. The van der Waals surface area contributed by atoms with E-state index in [1.807, 2.05) is 29.6 Å². The van der Waals surface area contributed by atoms with Crippen LogP contribution in [-0.2, 0) is 6.61 Å². The van der Waals surface area contributed by atoms with E-state index in [1.165, 1.54) is 4.88 Å². The van der Waals surface area contributed by atoms with E-state index < -0.39 is 0 Å². The zero-order valence-corrected chi connectivity index (χ0v) is 9.46. The van der Waals surface area contributed by atoms with Crippen LogP contribution < -0.4 is 10.5 Å². The van der Waals surface area contributed by atoms with Gasteiger partial charge in [0.25, 0.3) is 0 Å². The maximum absolute atomic E-state index is 7.33. The molecule has 3 nitrogen and oxygen atoms in total. The summed E-state index contributed by atoms with van der Waals surface area (Å²) >= 11 is 1.66. The second-order valence-corrected chi connectivity index (χ2v) is 4.34. The van der Waals surface area contributed by atoms with Crippen molar-refractivity contribution in [3.63, 3.8) is 0 Å². The zero-order chi connectivity index (χ0) is 11.4.